The van der Waals surface area contributed by atoms with Gasteiger partial charge in [0.2, 0.25) is 5.91 Å². The van der Waals surface area contributed by atoms with Gasteiger partial charge >= 0.3 is 0 Å². The molecule has 1 rings (SSSR count). The molecule has 1 aromatic carbocycles. The molecule has 0 aliphatic carbocycles. The third kappa shape index (κ3) is 4.34. The Morgan fingerprint density at radius 1 is 1.15 bits per heavy atom. The second-order valence-electron chi connectivity index (χ2n) is 7.22. The molecule has 0 spiro atoms. The van der Waals surface area contributed by atoms with E-state index in [0.29, 0.717) is 6.54 Å². The van der Waals surface area contributed by atoms with Crippen molar-refractivity contribution < 1.29 is 4.79 Å². The molecule has 3 N–H and O–H groups in total. The highest BCUT2D eigenvalue weighted by Crippen LogP contribution is 2.24. The molecule has 20 heavy (non-hydrogen) atoms. The number of benzene rings is 1. The van der Waals surface area contributed by atoms with Gasteiger partial charge in [0.1, 0.15) is 0 Å². The number of rotatable bonds is 5. The molecule has 1 aromatic rings. The Morgan fingerprint density at radius 2 is 1.65 bits per heavy atom. The molecule has 1 atom stereocenters. The van der Waals surface area contributed by atoms with E-state index in [1.54, 1.807) is 0 Å². The fourth-order valence-corrected chi connectivity index (χ4v) is 1.89. The molecule has 0 heterocycles. The van der Waals surface area contributed by atoms with Crippen molar-refractivity contribution in [3.63, 3.8) is 0 Å². The maximum absolute atomic E-state index is 11.3. The zero-order valence-corrected chi connectivity index (χ0v) is 13.6. The van der Waals surface area contributed by atoms with Gasteiger partial charge in [0.25, 0.3) is 0 Å². The third-order valence-electron chi connectivity index (χ3n) is 3.79. The predicted molar refractivity (Wildman–Crippen MR) is 84.5 cm³/mol. The Hall–Kier alpha value is -1.35. The Bertz CT molecular complexity index is 455. The van der Waals surface area contributed by atoms with Crippen molar-refractivity contribution >= 4 is 5.91 Å². The average molecular weight is 276 g/mol. The summed E-state index contributed by atoms with van der Waals surface area (Å²) in [6.07, 6.45) is 0. The normalized spacial score (nSPS) is 14.1. The molecular formula is C17H28N2O. The van der Waals surface area contributed by atoms with Crippen LogP contribution in [0.2, 0.25) is 0 Å². The van der Waals surface area contributed by atoms with Crippen LogP contribution in [-0.4, -0.2) is 12.5 Å². The van der Waals surface area contributed by atoms with Crippen LogP contribution in [0.3, 0.4) is 0 Å². The van der Waals surface area contributed by atoms with Crippen LogP contribution < -0.4 is 11.1 Å². The minimum Gasteiger partial charge on any atom is -0.369 e. The lowest BCUT2D eigenvalue weighted by Crippen LogP contribution is -2.41. The maximum atomic E-state index is 11.3. The van der Waals surface area contributed by atoms with E-state index in [4.69, 9.17) is 5.73 Å². The Labute approximate surface area is 122 Å². The molecule has 1 unspecified atom stereocenters. The number of primary amides is 1. The largest absolute Gasteiger partial charge is 0.369 e. The highest BCUT2D eigenvalue weighted by Gasteiger charge is 2.25. The van der Waals surface area contributed by atoms with Crippen molar-refractivity contribution in [1.29, 1.82) is 0 Å². The van der Waals surface area contributed by atoms with E-state index in [9.17, 15) is 4.79 Å². The number of hydrogen-bond acceptors (Lipinski definition) is 2. The van der Waals surface area contributed by atoms with Crippen molar-refractivity contribution in [2.45, 2.75) is 53.0 Å². The summed E-state index contributed by atoms with van der Waals surface area (Å²) in [5.41, 5.74) is 7.57. The summed E-state index contributed by atoms with van der Waals surface area (Å²) in [5.74, 6) is -0.278. The number of hydrogen-bond donors (Lipinski definition) is 2. The Balaban J connectivity index is 2.69. The van der Waals surface area contributed by atoms with Crippen LogP contribution in [-0.2, 0) is 10.2 Å². The lowest BCUT2D eigenvalue weighted by atomic mass is 9.86. The zero-order valence-electron chi connectivity index (χ0n) is 13.6. The summed E-state index contributed by atoms with van der Waals surface area (Å²) < 4.78 is 0. The van der Waals surface area contributed by atoms with Gasteiger partial charge in [0.15, 0.2) is 0 Å². The first kappa shape index (κ1) is 16.7. The molecule has 0 radical (unpaired) electrons. The quantitative estimate of drug-likeness (QED) is 0.868. The number of amides is 1. The summed E-state index contributed by atoms with van der Waals surface area (Å²) >= 11 is 0. The molecule has 0 fully saturated rings. The van der Waals surface area contributed by atoms with Crippen molar-refractivity contribution in [2.24, 2.45) is 11.1 Å². The molecule has 0 aliphatic rings. The van der Waals surface area contributed by atoms with Crippen LogP contribution in [0.4, 0.5) is 0 Å². The number of nitrogens with two attached hydrogens (primary N) is 1. The Morgan fingerprint density at radius 3 is 2.05 bits per heavy atom. The number of carbonyl (C=O) groups excluding carboxylic acids is 1. The highest BCUT2D eigenvalue weighted by molar-refractivity contribution is 5.80. The van der Waals surface area contributed by atoms with Crippen molar-refractivity contribution in [2.75, 3.05) is 6.54 Å². The average Bonchev–Trinajstić information content (AvgIpc) is 2.35. The summed E-state index contributed by atoms with van der Waals surface area (Å²) in [6.45, 7) is 13.0. The highest BCUT2D eigenvalue weighted by atomic mass is 16.1. The number of carbonyl (C=O) groups is 1. The van der Waals surface area contributed by atoms with Crippen LogP contribution in [0.15, 0.2) is 24.3 Å². The Kier molecular flexibility index (Phi) is 4.98. The van der Waals surface area contributed by atoms with E-state index < -0.39 is 5.41 Å². The van der Waals surface area contributed by atoms with Crippen LogP contribution in [0, 0.1) is 5.41 Å². The lowest BCUT2D eigenvalue weighted by molar-refractivity contribution is -0.125. The first-order chi connectivity index (χ1) is 9.04. The van der Waals surface area contributed by atoms with E-state index in [-0.39, 0.29) is 17.4 Å². The first-order valence-corrected chi connectivity index (χ1v) is 7.18. The number of nitrogens with one attached hydrogen (secondary N) is 1. The minimum absolute atomic E-state index is 0.170. The molecule has 0 aromatic heterocycles. The molecule has 0 aliphatic heterocycles. The smallest absolute Gasteiger partial charge is 0.224 e. The standard InChI is InChI=1S/C17H28N2O/c1-12(19-11-17(5,6)15(18)20)13-7-9-14(10-8-13)16(2,3)4/h7-10,12,19H,11H2,1-6H3,(H2,18,20). The van der Waals surface area contributed by atoms with Crippen molar-refractivity contribution in [1.82, 2.24) is 5.32 Å². The van der Waals surface area contributed by atoms with E-state index in [0.717, 1.165) is 0 Å². The van der Waals surface area contributed by atoms with Gasteiger partial charge in [-0.15, -0.1) is 0 Å². The first-order valence-electron chi connectivity index (χ1n) is 7.18. The van der Waals surface area contributed by atoms with Gasteiger partial charge in [-0.3, -0.25) is 4.79 Å². The monoisotopic (exact) mass is 276 g/mol. The minimum atomic E-state index is -0.528. The predicted octanol–water partition coefficient (Wildman–Crippen LogP) is 3.15. The lowest BCUT2D eigenvalue weighted by Gasteiger charge is -2.25. The van der Waals surface area contributed by atoms with E-state index >= 15 is 0 Å². The maximum Gasteiger partial charge on any atom is 0.224 e. The molecule has 0 bridgehead atoms. The fourth-order valence-electron chi connectivity index (χ4n) is 1.89. The summed E-state index contributed by atoms with van der Waals surface area (Å²) in [6, 6.07) is 8.84. The molecule has 1 amide bonds. The van der Waals surface area contributed by atoms with Crippen molar-refractivity contribution in [3.8, 4) is 0 Å². The van der Waals surface area contributed by atoms with Gasteiger partial charge in [-0.05, 0) is 37.3 Å². The molecular weight excluding hydrogens is 248 g/mol. The SMILES string of the molecule is CC(NCC(C)(C)C(N)=O)c1ccc(C(C)(C)C)cc1. The van der Waals surface area contributed by atoms with E-state index in [2.05, 4.69) is 57.3 Å². The van der Waals surface area contributed by atoms with Gasteiger partial charge in [-0.2, -0.15) is 0 Å². The zero-order chi connectivity index (χ0) is 15.6. The summed E-state index contributed by atoms with van der Waals surface area (Å²) in [7, 11) is 0. The molecule has 3 heteroatoms. The van der Waals surface area contributed by atoms with Crippen LogP contribution in [0.5, 0.6) is 0 Å². The van der Waals surface area contributed by atoms with Gasteiger partial charge in [-0.25, -0.2) is 0 Å². The molecule has 112 valence electrons. The van der Waals surface area contributed by atoms with Gasteiger partial charge in [0.05, 0.1) is 5.41 Å². The van der Waals surface area contributed by atoms with Crippen LogP contribution in [0.1, 0.15) is 58.7 Å². The van der Waals surface area contributed by atoms with Crippen LogP contribution in [0.25, 0.3) is 0 Å². The summed E-state index contributed by atoms with van der Waals surface area (Å²) in [5, 5.41) is 3.38. The fraction of sp³-hybridized carbons (Fsp3) is 0.588. The topological polar surface area (TPSA) is 55.1 Å². The second-order valence-corrected chi connectivity index (χ2v) is 7.22. The summed E-state index contributed by atoms with van der Waals surface area (Å²) in [4.78, 5) is 11.3. The van der Waals surface area contributed by atoms with Gasteiger partial charge in [-0.1, -0.05) is 45.0 Å². The third-order valence-corrected chi connectivity index (χ3v) is 3.79. The van der Waals surface area contributed by atoms with E-state index in [1.165, 1.54) is 11.1 Å². The molecule has 3 nitrogen and oxygen atoms in total. The van der Waals surface area contributed by atoms with Crippen LogP contribution >= 0.6 is 0 Å². The second kappa shape index (κ2) is 5.96. The van der Waals surface area contributed by atoms with Crippen molar-refractivity contribution in [3.05, 3.63) is 35.4 Å². The van der Waals surface area contributed by atoms with E-state index in [1.807, 2.05) is 13.8 Å². The molecule has 0 saturated carbocycles. The van der Waals surface area contributed by atoms with Gasteiger partial charge < -0.3 is 11.1 Å². The molecule has 0 saturated heterocycles. The van der Waals surface area contributed by atoms with Gasteiger partial charge in [0, 0.05) is 12.6 Å².